The first-order chi connectivity index (χ1) is 17.3. The molecule has 1 aromatic rings. The van der Waals surface area contributed by atoms with E-state index in [1.807, 2.05) is 0 Å². The SMILES string of the molecule is C=C(CC)N(C(C)(C)C)C(N(CC)c1ccccc1)(N(CC(C)C)C1CC1)N(C1CCCC1)C(C)(C)C. The van der Waals surface area contributed by atoms with Crippen molar-refractivity contribution in [3.8, 4) is 0 Å². The highest BCUT2D eigenvalue weighted by molar-refractivity contribution is 5.49. The van der Waals surface area contributed by atoms with E-state index in [4.69, 9.17) is 6.58 Å². The van der Waals surface area contributed by atoms with Gasteiger partial charge in [0.05, 0.1) is 0 Å². The molecule has 0 bridgehead atoms. The number of benzene rings is 1. The summed E-state index contributed by atoms with van der Waals surface area (Å²) in [5.41, 5.74) is 2.36. The monoisotopic (exact) mass is 510 g/mol. The zero-order chi connectivity index (χ0) is 27.6. The zero-order valence-electron chi connectivity index (χ0n) is 26.0. The van der Waals surface area contributed by atoms with Crippen LogP contribution in [0, 0.1) is 5.92 Å². The molecular formula is C33H58N4. The Kier molecular flexibility index (Phi) is 9.49. The molecule has 1 aromatic carbocycles. The maximum absolute atomic E-state index is 4.79. The molecule has 0 saturated heterocycles. The quantitative estimate of drug-likeness (QED) is 0.262. The lowest BCUT2D eigenvalue weighted by Gasteiger charge is -2.69. The van der Waals surface area contributed by atoms with E-state index in [0.29, 0.717) is 18.0 Å². The van der Waals surface area contributed by atoms with E-state index < -0.39 is 5.91 Å². The van der Waals surface area contributed by atoms with Gasteiger partial charge in [0.15, 0.2) is 0 Å². The van der Waals surface area contributed by atoms with E-state index in [1.54, 1.807) is 0 Å². The first-order valence-electron chi connectivity index (χ1n) is 15.2. The van der Waals surface area contributed by atoms with Crippen LogP contribution in [0.3, 0.4) is 0 Å². The largest absolute Gasteiger partial charge is 0.323 e. The van der Waals surface area contributed by atoms with E-state index in [2.05, 4.69) is 119 Å². The molecule has 2 saturated carbocycles. The van der Waals surface area contributed by atoms with Gasteiger partial charge < -0.3 is 9.80 Å². The second-order valence-corrected chi connectivity index (χ2v) is 13.9. The topological polar surface area (TPSA) is 13.0 Å². The summed E-state index contributed by atoms with van der Waals surface area (Å²) < 4.78 is 0. The van der Waals surface area contributed by atoms with Crippen molar-refractivity contribution in [2.75, 3.05) is 18.0 Å². The van der Waals surface area contributed by atoms with Crippen molar-refractivity contribution in [1.29, 1.82) is 0 Å². The molecule has 1 atom stereocenters. The van der Waals surface area contributed by atoms with Gasteiger partial charge in [-0.15, -0.1) is 0 Å². The Balaban J connectivity index is 2.51. The van der Waals surface area contributed by atoms with Gasteiger partial charge in [-0.05, 0) is 98.6 Å². The van der Waals surface area contributed by atoms with Crippen LogP contribution >= 0.6 is 0 Å². The highest BCUT2D eigenvalue weighted by Gasteiger charge is 2.62. The fourth-order valence-corrected chi connectivity index (χ4v) is 6.95. The van der Waals surface area contributed by atoms with Crippen LogP contribution in [0.4, 0.5) is 5.69 Å². The van der Waals surface area contributed by atoms with E-state index in [0.717, 1.165) is 19.5 Å². The minimum absolute atomic E-state index is 0.0428. The number of hydrogen-bond donors (Lipinski definition) is 0. The van der Waals surface area contributed by atoms with Crippen LogP contribution in [0.1, 0.15) is 114 Å². The molecule has 2 aliphatic carbocycles. The third kappa shape index (κ3) is 6.22. The summed E-state index contributed by atoms with van der Waals surface area (Å²) in [6, 6.07) is 12.3. The van der Waals surface area contributed by atoms with Crippen LogP contribution in [-0.2, 0) is 0 Å². The van der Waals surface area contributed by atoms with Crippen LogP contribution in [-0.4, -0.2) is 56.9 Å². The standard InChI is InChI=1S/C33H58N4/c1-12-27(5)36(31(6,7)8)33(35(25-26(3)4)29-23-24-29,34(13-2)28-19-15-14-16-20-28)37(32(9,10)11)30-21-17-18-22-30/h14-16,19-20,26,29-30H,5,12-13,17-18,21-25H2,1-4,6-11H3. The lowest BCUT2D eigenvalue weighted by atomic mass is 9.94. The summed E-state index contributed by atoms with van der Waals surface area (Å²) in [7, 11) is 0. The van der Waals surface area contributed by atoms with E-state index in [9.17, 15) is 0 Å². The third-order valence-corrected chi connectivity index (χ3v) is 8.11. The lowest BCUT2D eigenvalue weighted by molar-refractivity contribution is -0.231. The molecule has 37 heavy (non-hydrogen) atoms. The minimum Gasteiger partial charge on any atom is -0.323 e. The van der Waals surface area contributed by atoms with Gasteiger partial charge in [-0.25, -0.2) is 9.80 Å². The van der Waals surface area contributed by atoms with Crippen molar-refractivity contribution in [2.45, 2.75) is 143 Å². The Morgan fingerprint density at radius 2 is 1.43 bits per heavy atom. The van der Waals surface area contributed by atoms with Crippen LogP contribution in [0.25, 0.3) is 0 Å². The molecule has 0 N–H and O–H groups in total. The maximum Gasteiger partial charge on any atom is 0.235 e. The predicted octanol–water partition coefficient (Wildman–Crippen LogP) is 8.31. The zero-order valence-corrected chi connectivity index (χ0v) is 26.0. The van der Waals surface area contributed by atoms with Gasteiger partial charge in [-0.3, -0.25) is 0 Å². The average Bonchev–Trinajstić information content (AvgIpc) is 3.51. The van der Waals surface area contributed by atoms with Crippen molar-refractivity contribution in [3.63, 3.8) is 0 Å². The van der Waals surface area contributed by atoms with Crippen LogP contribution in [0.15, 0.2) is 42.6 Å². The fraction of sp³-hybridized carbons (Fsp3) is 0.758. The maximum atomic E-state index is 4.79. The van der Waals surface area contributed by atoms with Crippen LogP contribution < -0.4 is 4.90 Å². The van der Waals surface area contributed by atoms with E-state index >= 15 is 0 Å². The fourth-order valence-electron chi connectivity index (χ4n) is 6.95. The van der Waals surface area contributed by atoms with Crippen molar-refractivity contribution >= 4 is 5.69 Å². The lowest BCUT2D eigenvalue weighted by Crippen LogP contribution is -2.84. The summed E-state index contributed by atoms with van der Waals surface area (Å²) in [6.45, 7) is 30.8. The molecule has 0 aliphatic heterocycles. The molecule has 2 aliphatic rings. The van der Waals surface area contributed by atoms with Gasteiger partial charge in [-0.2, -0.15) is 0 Å². The molecule has 0 spiro atoms. The highest BCUT2D eigenvalue weighted by atomic mass is 15.7. The van der Waals surface area contributed by atoms with Crippen molar-refractivity contribution in [2.24, 2.45) is 5.92 Å². The number of para-hydroxylation sites is 1. The first kappa shape index (κ1) is 30.0. The summed E-state index contributed by atoms with van der Waals surface area (Å²) in [4.78, 5) is 11.4. The van der Waals surface area contributed by atoms with Gasteiger partial charge in [0.2, 0.25) is 5.91 Å². The van der Waals surface area contributed by atoms with Gasteiger partial charge in [-0.1, -0.05) is 58.4 Å². The van der Waals surface area contributed by atoms with Gasteiger partial charge >= 0.3 is 0 Å². The Bertz CT molecular complexity index is 855. The Morgan fingerprint density at radius 3 is 1.84 bits per heavy atom. The summed E-state index contributed by atoms with van der Waals surface area (Å²) in [5, 5.41) is 0. The third-order valence-electron chi connectivity index (χ3n) is 8.11. The number of rotatable bonds is 12. The average molecular weight is 511 g/mol. The number of nitrogens with zero attached hydrogens (tertiary/aromatic N) is 4. The molecule has 1 unspecified atom stereocenters. The second-order valence-electron chi connectivity index (χ2n) is 13.9. The van der Waals surface area contributed by atoms with Crippen LogP contribution in [0.2, 0.25) is 0 Å². The minimum atomic E-state index is -0.472. The summed E-state index contributed by atoms with van der Waals surface area (Å²) in [6.07, 6.45) is 8.67. The summed E-state index contributed by atoms with van der Waals surface area (Å²) >= 11 is 0. The highest BCUT2D eigenvalue weighted by Crippen LogP contribution is 2.50. The first-order valence-corrected chi connectivity index (χ1v) is 15.2. The number of hydrogen-bond acceptors (Lipinski definition) is 4. The Morgan fingerprint density at radius 1 is 0.865 bits per heavy atom. The van der Waals surface area contributed by atoms with Crippen LogP contribution in [0.5, 0.6) is 0 Å². The second kappa shape index (κ2) is 11.7. The molecule has 0 aromatic heterocycles. The van der Waals surface area contributed by atoms with Crippen molar-refractivity contribution in [3.05, 3.63) is 42.6 Å². The molecule has 4 nitrogen and oxygen atoms in total. The molecule has 210 valence electrons. The molecular weight excluding hydrogens is 452 g/mol. The van der Waals surface area contributed by atoms with Crippen molar-refractivity contribution < 1.29 is 0 Å². The van der Waals surface area contributed by atoms with Gasteiger partial charge in [0.1, 0.15) is 0 Å². The normalized spacial score (nSPS) is 19.1. The van der Waals surface area contributed by atoms with E-state index in [-0.39, 0.29) is 11.1 Å². The molecule has 2 fully saturated rings. The van der Waals surface area contributed by atoms with E-state index in [1.165, 1.54) is 49.9 Å². The van der Waals surface area contributed by atoms with Gasteiger partial charge in [0.25, 0.3) is 0 Å². The molecule has 0 amide bonds. The number of anilines is 1. The Hall–Kier alpha value is -1.52. The molecule has 0 heterocycles. The van der Waals surface area contributed by atoms with Crippen molar-refractivity contribution in [1.82, 2.24) is 14.7 Å². The smallest absolute Gasteiger partial charge is 0.235 e. The van der Waals surface area contributed by atoms with Gasteiger partial charge in [0, 0.05) is 47.6 Å². The molecule has 0 radical (unpaired) electrons. The molecule has 3 rings (SSSR count). The summed E-state index contributed by atoms with van der Waals surface area (Å²) in [5.74, 6) is 0.0942. The predicted molar refractivity (Wildman–Crippen MR) is 162 cm³/mol. The molecule has 4 heteroatoms. The Labute approximate surface area is 230 Å². The number of allylic oxidation sites excluding steroid dienone is 1.